The molecule has 0 N–H and O–H groups in total. The number of rotatable bonds is 3. The van der Waals surface area contributed by atoms with Crippen LogP contribution in [0.15, 0.2) is 35.3 Å². The summed E-state index contributed by atoms with van der Waals surface area (Å²) < 4.78 is 24.4. The van der Waals surface area contributed by atoms with Gasteiger partial charge in [0.1, 0.15) is 11.5 Å². The molecule has 5 nitrogen and oxygen atoms in total. The molecule has 0 fully saturated rings. The standard InChI is InChI=1S/C12H11FN2O3/c1-17-10-7-14-15(12(16)11(10)18-2)9-6-4-3-5-8(9)13/h3-7H,1-2H3. The Morgan fingerprint density at radius 2 is 1.94 bits per heavy atom. The summed E-state index contributed by atoms with van der Waals surface area (Å²) in [5.41, 5.74) is -0.523. The van der Waals surface area contributed by atoms with Crippen LogP contribution >= 0.6 is 0 Å². The largest absolute Gasteiger partial charge is 0.491 e. The maximum atomic E-state index is 13.6. The first kappa shape index (κ1) is 12.1. The zero-order valence-electron chi connectivity index (χ0n) is 9.88. The van der Waals surface area contributed by atoms with Gasteiger partial charge in [-0.25, -0.2) is 4.39 Å². The van der Waals surface area contributed by atoms with Crippen LogP contribution in [-0.2, 0) is 0 Å². The lowest BCUT2D eigenvalue weighted by atomic mass is 10.3. The van der Waals surface area contributed by atoms with Crippen molar-refractivity contribution in [1.82, 2.24) is 9.78 Å². The van der Waals surface area contributed by atoms with Crippen LogP contribution in [0.1, 0.15) is 0 Å². The second kappa shape index (κ2) is 4.87. The summed E-state index contributed by atoms with van der Waals surface area (Å²) in [6.07, 6.45) is 1.30. The molecule has 0 aliphatic rings. The first-order chi connectivity index (χ1) is 8.69. The van der Waals surface area contributed by atoms with Gasteiger partial charge in [-0.1, -0.05) is 12.1 Å². The van der Waals surface area contributed by atoms with E-state index in [1.807, 2.05) is 0 Å². The van der Waals surface area contributed by atoms with E-state index in [-0.39, 0.29) is 17.2 Å². The molecule has 0 spiro atoms. The zero-order valence-corrected chi connectivity index (χ0v) is 9.88. The van der Waals surface area contributed by atoms with Crippen LogP contribution in [0.4, 0.5) is 4.39 Å². The molecule has 0 saturated heterocycles. The van der Waals surface area contributed by atoms with Gasteiger partial charge in [0.25, 0.3) is 0 Å². The fourth-order valence-corrected chi connectivity index (χ4v) is 1.55. The van der Waals surface area contributed by atoms with Gasteiger partial charge in [-0.3, -0.25) is 4.79 Å². The predicted octanol–water partition coefficient (Wildman–Crippen LogP) is 1.39. The molecule has 0 unspecified atom stereocenters. The minimum absolute atomic E-state index is 0.0178. The van der Waals surface area contributed by atoms with Crippen LogP contribution in [-0.4, -0.2) is 24.0 Å². The Hall–Kier alpha value is -2.37. The van der Waals surface area contributed by atoms with Crippen LogP contribution in [0.2, 0.25) is 0 Å². The van der Waals surface area contributed by atoms with Crippen molar-refractivity contribution < 1.29 is 13.9 Å². The number of halogens is 1. The van der Waals surface area contributed by atoms with Gasteiger partial charge in [-0.15, -0.1) is 0 Å². The number of nitrogens with zero attached hydrogens (tertiary/aromatic N) is 2. The van der Waals surface area contributed by atoms with Crippen LogP contribution in [0.3, 0.4) is 0 Å². The highest BCUT2D eigenvalue weighted by Crippen LogP contribution is 2.21. The summed E-state index contributed by atoms with van der Waals surface area (Å²) in [4.78, 5) is 12.1. The fourth-order valence-electron chi connectivity index (χ4n) is 1.55. The molecule has 0 radical (unpaired) electrons. The first-order valence-electron chi connectivity index (χ1n) is 5.14. The maximum absolute atomic E-state index is 13.6. The van der Waals surface area contributed by atoms with Crippen LogP contribution in [0.5, 0.6) is 11.5 Å². The van der Waals surface area contributed by atoms with Crippen molar-refractivity contribution in [3.05, 3.63) is 46.6 Å². The number of hydrogen-bond acceptors (Lipinski definition) is 4. The highest BCUT2D eigenvalue weighted by atomic mass is 19.1. The van der Waals surface area contributed by atoms with Gasteiger partial charge in [0.05, 0.1) is 20.4 Å². The van der Waals surface area contributed by atoms with Crippen LogP contribution in [0.25, 0.3) is 5.69 Å². The Morgan fingerprint density at radius 1 is 1.22 bits per heavy atom. The normalized spacial score (nSPS) is 10.2. The summed E-state index contributed by atoms with van der Waals surface area (Å²) in [6, 6.07) is 5.85. The van der Waals surface area contributed by atoms with Crippen molar-refractivity contribution in [3.63, 3.8) is 0 Å². The van der Waals surface area contributed by atoms with Gasteiger partial charge in [0.15, 0.2) is 5.75 Å². The molecule has 0 saturated carbocycles. The fraction of sp³-hybridized carbons (Fsp3) is 0.167. The monoisotopic (exact) mass is 250 g/mol. The highest BCUT2D eigenvalue weighted by Gasteiger charge is 2.15. The second-order valence-electron chi connectivity index (χ2n) is 3.41. The molecular formula is C12H11FN2O3. The third kappa shape index (κ3) is 1.92. The lowest BCUT2D eigenvalue weighted by Crippen LogP contribution is -2.23. The van der Waals surface area contributed by atoms with Gasteiger partial charge < -0.3 is 9.47 Å². The van der Waals surface area contributed by atoms with E-state index in [4.69, 9.17) is 9.47 Å². The van der Waals surface area contributed by atoms with Crippen molar-refractivity contribution in [2.45, 2.75) is 0 Å². The van der Waals surface area contributed by atoms with Gasteiger partial charge in [0, 0.05) is 0 Å². The van der Waals surface area contributed by atoms with Crippen molar-refractivity contribution in [3.8, 4) is 17.2 Å². The summed E-state index contributed by atoms with van der Waals surface area (Å²) >= 11 is 0. The number of aromatic nitrogens is 2. The van der Waals surface area contributed by atoms with E-state index < -0.39 is 11.4 Å². The number of methoxy groups -OCH3 is 2. The molecule has 1 aromatic carbocycles. The predicted molar refractivity (Wildman–Crippen MR) is 62.9 cm³/mol. The topological polar surface area (TPSA) is 53.4 Å². The lowest BCUT2D eigenvalue weighted by Gasteiger charge is -2.10. The molecule has 1 aromatic heterocycles. The summed E-state index contributed by atoms with van der Waals surface area (Å²) in [7, 11) is 2.73. The number of hydrogen-bond donors (Lipinski definition) is 0. The van der Waals surface area contributed by atoms with E-state index in [0.29, 0.717) is 0 Å². The zero-order chi connectivity index (χ0) is 13.1. The van der Waals surface area contributed by atoms with E-state index >= 15 is 0 Å². The van der Waals surface area contributed by atoms with Crippen molar-refractivity contribution in [2.24, 2.45) is 0 Å². The lowest BCUT2D eigenvalue weighted by molar-refractivity contribution is 0.344. The van der Waals surface area contributed by atoms with Gasteiger partial charge in [0.2, 0.25) is 5.75 Å². The molecule has 2 rings (SSSR count). The number of para-hydroxylation sites is 1. The average molecular weight is 250 g/mol. The highest BCUT2D eigenvalue weighted by molar-refractivity contribution is 5.39. The van der Waals surface area contributed by atoms with Gasteiger partial charge in [-0.2, -0.15) is 9.78 Å². The molecular weight excluding hydrogens is 239 g/mol. The van der Waals surface area contributed by atoms with Crippen LogP contribution in [0, 0.1) is 5.82 Å². The first-order valence-corrected chi connectivity index (χ1v) is 5.14. The SMILES string of the molecule is COc1cnn(-c2ccccc2F)c(=O)c1OC. The third-order valence-electron chi connectivity index (χ3n) is 2.41. The van der Waals surface area contributed by atoms with E-state index in [1.54, 1.807) is 6.07 Å². The minimum Gasteiger partial charge on any atom is -0.491 e. The smallest absolute Gasteiger partial charge is 0.317 e. The van der Waals surface area contributed by atoms with E-state index in [9.17, 15) is 9.18 Å². The van der Waals surface area contributed by atoms with Crippen molar-refractivity contribution in [1.29, 1.82) is 0 Å². The maximum Gasteiger partial charge on any atom is 0.317 e. The number of ether oxygens (including phenoxy) is 2. The molecule has 1 heterocycles. The molecule has 0 aliphatic heterocycles. The van der Waals surface area contributed by atoms with Gasteiger partial charge >= 0.3 is 5.56 Å². The van der Waals surface area contributed by atoms with Crippen LogP contribution < -0.4 is 15.0 Å². The Balaban J connectivity index is 2.68. The molecule has 6 heteroatoms. The molecule has 0 bridgehead atoms. The molecule has 0 aliphatic carbocycles. The van der Waals surface area contributed by atoms with E-state index in [1.165, 1.54) is 38.6 Å². The van der Waals surface area contributed by atoms with E-state index in [2.05, 4.69) is 5.10 Å². The van der Waals surface area contributed by atoms with Crippen molar-refractivity contribution in [2.75, 3.05) is 14.2 Å². The molecule has 0 amide bonds. The van der Waals surface area contributed by atoms with Gasteiger partial charge in [-0.05, 0) is 12.1 Å². The second-order valence-corrected chi connectivity index (χ2v) is 3.41. The minimum atomic E-state index is -0.582. The third-order valence-corrected chi connectivity index (χ3v) is 2.41. The molecule has 0 atom stereocenters. The van der Waals surface area contributed by atoms with E-state index in [0.717, 1.165) is 4.68 Å². The molecule has 2 aromatic rings. The van der Waals surface area contributed by atoms with Crippen molar-refractivity contribution >= 4 is 0 Å². The molecule has 94 valence electrons. The summed E-state index contributed by atoms with van der Waals surface area (Å²) in [5.74, 6) is -0.356. The molecule has 18 heavy (non-hydrogen) atoms. The summed E-state index contributed by atoms with van der Waals surface area (Å²) in [6.45, 7) is 0. The Labute approximate surface area is 102 Å². The Kier molecular flexibility index (Phi) is 3.27. The summed E-state index contributed by atoms with van der Waals surface area (Å²) in [5, 5.41) is 3.85. The number of benzene rings is 1. The Bertz CT molecular complexity index is 625. The quantitative estimate of drug-likeness (QED) is 0.826. The average Bonchev–Trinajstić information content (AvgIpc) is 2.39. The Morgan fingerprint density at radius 3 is 2.56 bits per heavy atom.